The van der Waals surface area contributed by atoms with Gasteiger partial charge in [0.1, 0.15) is 12.4 Å². The summed E-state index contributed by atoms with van der Waals surface area (Å²) in [6.45, 7) is 0.102. The molecule has 0 saturated carbocycles. The number of carbonyl (C=O) groups is 2. The quantitative estimate of drug-likeness (QED) is 0.232. The van der Waals surface area contributed by atoms with Crippen LogP contribution in [0.15, 0.2) is 90.0 Å². The van der Waals surface area contributed by atoms with Crippen molar-refractivity contribution in [2.45, 2.75) is 11.8 Å². The van der Waals surface area contributed by atoms with E-state index in [1.165, 1.54) is 0 Å². The van der Waals surface area contributed by atoms with Crippen LogP contribution in [0, 0.1) is 24.2 Å². The molecule has 4 aliphatic rings. The number of terminal acetylenes is 1. The van der Waals surface area contributed by atoms with Crippen LogP contribution in [0.25, 0.3) is 10.8 Å². The van der Waals surface area contributed by atoms with E-state index in [-0.39, 0.29) is 30.3 Å². The minimum absolute atomic E-state index is 0.102. The maximum atomic E-state index is 13.8. The first-order valence-electron chi connectivity index (χ1n) is 12.4. The number of imide groups is 1. The normalized spacial score (nSPS) is 23.2. The summed E-state index contributed by atoms with van der Waals surface area (Å²) in [6, 6.07) is 28.0. The summed E-state index contributed by atoms with van der Waals surface area (Å²) in [5.74, 6) is 1.27. The molecule has 2 amide bonds. The molecule has 0 radical (unpaired) electrons. The highest BCUT2D eigenvalue weighted by atomic mass is 16.5. The van der Waals surface area contributed by atoms with Crippen LogP contribution < -0.4 is 4.74 Å². The van der Waals surface area contributed by atoms with Gasteiger partial charge in [-0.2, -0.15) is 10.1 Å². The number of fused-ring (bicyclic) bond motifs is 1. The smallest absolute Gasteiger partial charge is 0.254 e. The fourth-order valence-corrected chi connectivity index (χ4v) is 6.54. The van der Waals surface area contributed by atoms with Crippen LogP contribution in [-0.2, 0) is 9.59 Å². The van der Waals surface area contributed by atoms with Crippen LogP contribution in [0.5, 0.6) is 5.75 Å². The number of hydrazone groups is 1. The Labute approximate surface area is 214 Å². The van der Waals surface area contributed by atoms with Gasteiger partial charge in [0, 0.05) is 17.4 Å². The van der Waals surface area contributed by atoms with Crippen molar-refractivity contribution in [3.8, 4) is 18.1 Å². The van der Waals surface area contributed by atoms with Crippen LogP contribution in [0.2, 0.25) is 0 Å². The van der Waals surface area contributed by atoms with Crippen LogP contribution in [0.1, 0.15) is 39.7 Å². The Balaban J connectivity index is 1.32. The van der Waals surface area contributed by atoms with E-state index in [2.05, 4.69) is 35.3 Å². The highest BCUT2D eigenvalue weighted by Crippen LogP contribution is 2.60. The van der Waals surface area contributed by atoms with Crippen molar-refractivity contribution >= 4 is 28.8 Å². The molecule has 0 unspecified atom stereocenters. The van der Waals surface area contributed by atoms with Crippen molar-refractivity contribution in [2.75, 3.05) is 6.61 Å². The molecule has 1 aliphatic heterocycles. The molecule has 2 bridgehead atoms. The second kappa shape index (κ2) is 8.18. The summed E-state index contributed by atoms with van der Waals surface area (Å²) in [6.07, 6.45) is 6.97. The Bertz CT molecular complexity index is 1570. The number of benzene rings is 4. The molecule has 0 N–H and O–H groups in total. The summed E-state index contributed by atoms with van der Waals surface area (Å²) < 4.78 is 5.77. The second-order valence-electron chi connectivity index (χ2n) is 9.69. The molecule has 1 heterocycles. The van der Waals surface area contributed by atoms with Gasteiger partial charge < -0.3 is 4.74 Å². The fourth-order valence-electron chi connectivity index (χ4n) is 6.54. The van der Waals surface area contributed by atoms with Crippen LogP contribution in [0.3, 0.4) is 0 Å². The first-order chi connectivity index (χ1) is 18.2. The lowest BCUT2D eigenvalue weighted by Gasteiger charge is -2.45. The highest BCUT2D eigenvalue weighted by molar-refractivity contribution is 6.09. The number of amides is 2. The molecule has 8 rings (SSSR count). The third-order valence-corrected chi connectivity index (χ3v) is 7.97. The van der Waals surface area contributed by atoms with Crippen molar-refractivity contribution in [1.82, 2.24) is 5.01 Å². The van der Waals surface area contributed by atoms with Crippen molar-refractivity contribution in [3.63, 3.8) is 0 Å². The zero-order chi connectivity index (χ0) is 25.1. The lowest BCUT2D eigenvalue weighted by atomic mass is 9.55. The third-order valence-electron chi connectivity index (χ3n) is 7.97. The molecule has 5 nitrogen and oxygen atoms in total. The van der Waals surface area contributed by atoms with E-state index in [9.17, 15) is 9.59 Å². The molecular weight excluding hydrogens is 460 g/mol. The van der Waals surface area contributed by atoms with E-state index in [1.807, 2.05) is 60.7 Å². The first kappa shape index (κ1) is 21.6. The monoisotopic (exact) mass is 482 g/mol. The zero-order valence-corrected chi connectivity index (χ0v) is 19.9. The van der Waals surface area contributed by atoms with Crippen LogP contribution in [0.4, 0.5) is 0 Å². The summed E-state index contributed by atoms with van der Waals surface area (Å²) in [4.78, 5) is 27.7. The van der Waals surface area contributed by atoms with Gasteiger partial charge in [0.2, 0.25) is 0 Å². The van der Waals surface area contributed by atoms with E-state index in [1.54, 1.807) is 6.21 Å². The molecule has 1 fully saturated rings. The van der Waals surface area contributed by atoms with Crippen molar-refractivity contribution in [2.24, 2.45) is 16.9 Å². The lowest BCUT2D eigenvalue weighted by molar-refractivity contribution is -0.139. The maximum absolute atomic E-state index is 13.8. The van der Waals surface area contributed by atoms with Crippen LogP contribution in [-0.4, -0.2) is 29.6 Å². The van der Waals surface area contributed by atoms with Gasteiger partial charge in [-0.3, -0.25) is 9.59 Å². The molecule has 4 aromatic carbocycles. The molecule has 0 spiro atoms. The third kappa shape index (κ3) is 3.02. The van der Waals surface area contributed by atoms with Gasteiger partial charge in [0.25, 0.3) is 11.8 Å². The minimum atomic E-state index is -0.468. The summed E-state index contributed by atoms with van der Waals surface area (Å²) in [5, 5.41) is 7.48. The summed E-state index contributed by atoms with van der Waals surface area (Å²) >= 11 is 0. The molecule has 1 saturated heterocycles. The van der Waals surface area contributed by atoms with Gasteiger partial charge in [0.15, 0.2) is 0 Å². The molecule has 2 atom stereocenters. The number of nitrogens with zero attached hydrogens (tertiary/aromatic N) is 2. The van der Waals surface area contributed by atoms with E-state index >= 15 is 0 Å². The Morgan fingerprint density at radius 2 is 1.32 bits per heavy atom. The summed E-state index contributed by atoms with van der Waals surface area (Å²) in [7, 11) is 0. The number of hydrogen-bond donors (Lipinski definition) is 0. The number of ether oxygens (including phenoxy) is 1. The van der Waals surface area contributed by atoms with Crippen molar-refractivity contribution in [1.29, 1.82) is 0 Å². The summed E-state index contributed by atoms with van der Waals surface area (Å²) in [5.41, 5.74) is 5.23. The predicted octanol–water partition coefficient (Wildman–Crippen LogP) is 5.08. The van der Waals surface area contributed by atoms with Gasteiger partial charge in [-0.1, -0.05) is 84.8 Å². The highest BCUT2D eigenvalue weighted by Gasteiger charge is 2.61. The maximum Gasteiger partial charge on any atom is 0.254 e. The molecule has 37 heavy (non-hydrogen) atoms. The molecular formula is C32H22N2O3. The Morgan fingerprint density at radius 1 is 0.784 bits per heavy atom. The zero-order valence-electron chi connectivity index (χ0n) is 19.9. The molecule has 178 valence electrons. The van der Waals surface area contributed by atoms with Crippen molar-refractivity contribution in [3.05, 3.63) is 113 Å². The average Bonchev–Trinajstić information content (AvgIpc) is 3.20. The number of carbonyl (C=O) groups excluding carboxylic acids is 2. The fraction of sp³-hybridized carbons (Fsp3) is 0.156. The van der Waals surface area contributed by atoms with Gasteiger partial charge in [-0.05, 0) is 39.1 Å². The lowest BCUT2D eigenvalue weighted by Crippen LogP contribution is -2.41. The van der Waals surface area contributed by atoms with E-state index < -0.39 is 11.8 Å². The molecule has 0 aromatic heterocycles. The first-order valence-corrected chi connectivity index (χ1v) is 12.4. The Kier molecular flexibility index (Phi) is 4.77. The van der Waals surface area contributed by atoms with Gasteiger partial charge >= 0.3 is 0 Å². The number of hydrogen-bond acceptors (Lipinski definition) is 4. The van der Waals surface area contributed by atoms with E-state index in [0.29, 0.717) is 11.3 Å². The van der Waals surface area contributed by atoms with E-state index in [4.69, 9.17) is 11.2 Å². The van der Waals surface area contributed by atoms with Gasteiger partial charge in [0.05, 0.1) is 18.1 Å². The SMILES string of the molecule is C#CCOc1ccc2ccccc2c1/C=N\N1C(=O)[C@@H]2C3c4ccccc4C(c4ccccc43)[C@H]2C1=O. The van der Waals surface area contributed by atoms with Gasteiger partial charge in [-0.15, -0.1) is 6.42 Å². The predicted molar refractivity (Wildman–Crippen MR) is 141 cm³/mol. The Morgan fingerprint density at radius 3 is 1.89 bits per heavy atom. The molecule has 5 heteroatoms. The number of rotatable bonds is 4. The van der Waals surface area contributed by atoms with Crippen LogP contribution >= 0.6 is 0 Å². The van der Waals surface area contributed by atoms with Gasteiger partial charge in [-0.25, -0.2) is 0 Å². The Hall–Kier alpha value is -4.69. The molecule has 4 aromatic rings. The second-order valence-corrected chi connectivity index (χ2v) is 9.69. The minimum Gasteiger partial charge on any atom is -0.480 e. The standard InChI is InChI=1S/C32H22N2O3/c1-2-17-37-26-16-15-19-9-3-4-10-20(19)25(26)18-33-34-31(35)29-27-21-11-5-6-12-22(21)28(30(29)32(34)36)24-14-8-7-13-23(24)27/h1,3-16,18,27-30H,17H2/b33-18-/t27?,28?,29-,30-/m1/s1. The van der Waals surface area contributed by atoms with E-state index in [0.717, 1.165) is 38.0 Å². The largest absolute Gasteiger partial charge is 0.480 e. The molecule has 3 aliphatic carbocycles. The van der Waals surface area contributed by atoms with Crippen molar-refractivity contribution < 1.29 is 14.3 Å². The average molecular weight is 483 g/mol. The topological polar surface area (TPSA) is 59.0 Å².